The van der Waals surface area contributed by atoms with Crippen molar-refractivity contribution in [2.24, 2.45) is 0 Å². The van der Waals surface area contributed by atoms with Gasteiger partial charge in [-0.1, -0.05) is 55.0 Å². The molecule has 46 heavy (non-hydrogen) atoms. The summed E-state index contributed by atoms with van der Waals surface area (Å²) in [6.07, 6.45) is 0.962. The van der Waals surface area contributed by atoms with Crippen LogP contribution >= 0.6 is 18.9 Å². The van der Waals surface area contributed by atoms with Crippen molar-refractivity contribution in [2.75, 3.05) is 90.3 Å². The first-order chi connectivity index (χ1) is 22.2. The van der Waals surface area contributed by atoms with Gasteiger partial charge in [-0.3, -0.25) is 14.2 Å². The summed E-state index contributed by atoms with van der Waals surface area (Å²) in [4.78, 5) is 52.8. The summed E-state index contributed by atoms with van der Waals surface area (Å²) in [6.45, 7) is 10.2. The normalized spacial score (nSPS) is 16.7. The second-order valence-electron chi connectivity index (χ2n) is 11.3. The van der Waals surface area contributed by atoms with Crippen LogP contribution in [0.25, 0.3) is 10.6 Å². The van der Waals surface area contributed by atoms with Gasteiger partial charge in [-0.2, -0.15) is 0 Å². The van der Waals surface area contributed by atoms with Crippen LogP contribution in [0.1, 0.15) is 44.1 Å². The van der Waals surface area contributed by atoms with Crippen molar-refractivity contribution in [1.29, 1.82) is 0 Å². The van der Waals surface area contributed by atoms with E-state index in [0.717, 1.165) is 49.6 Å². The number of likely N-dealkylation sites (N-methyl/N-ethyl adjacent to an activating group) is 1. The van der Waals surface area contributed by atoms with Gasteiger partial charge in [-0.25, -0.2) is 9.78 Å². The molecular weight excluding hydrogens is 631 g/mol. The summed E-state index contributed by atoms with van der Waals surface area (Å²) in [6, 6.07) is 8.45. The zero-order valence-electron chi connectivity index (χ0n) is 27.3. The molecule has 3 amide bonds. The molecule has 4 rings (SSSR count). The fraction of sp³-hybridized carbons (Fsp3) is 0.613. The SMILES string of the molecule is CCCCOC(=O)N1CCN(C(=O)[C@H](CP(=O)(OCC)OCC)NC(=O)c2nc(-c3ccccc3)sc2N2CCN(C)CC2)CC1. The van der Waals surface area contributed by atoms with E-state index >= 15 is 0 Å². The van der Waals surface area contributed by atoms with Crippen LogP contribution in [0.5, 0.6) is 0 Å². The van der Waals surface area contributed by atoms with Crippen LogP contribution in [-0.2, 0) is 23.1 Å². The van der Waals surface area contributed by atoms with E-state index in [1.54, 1.807) is 23.6 Å². The van der Waals surface area contributed by atoms with E-state index in [2.05, 4.69) is 22.2 Å². The lowest BCUT2D eigenvalue weighted by molar-refractivity contribution is -0.134. The van der Waals surface area contributed by atoms with Crippen molar-refractivity contribution in [3.05, 3.63) is 36.0 Å². The summed E-state index contributed by atoms with van der Waals surface area (Å²) in [5.74, 6) is -0.963. The number of thiazole rings is 1. The average molecular weight is 679 g/mol. The Morgan fingerprint density at radius 2 is 1.57 bits per heavy atom. The Kier molecular flexibility index (Phi) is 13.4. The second-order valence-corrected chi connectivity index (χ2v) is 14.3. The van der Waals surface area contributed by atoms with Gasteiger partial charge in [-0.15, -0.1) is 0 Å². The average Bonchev–Trinajstić information content (AvgIpc) is 3.51. The van der Waals surface area contributed by atoms with E-state index in [1.807, 2.05) is 37.3 Å². The molecule has 0 radical (unpaired) electrons. The maximum Gasteiger partial charge on any atom is 0.409 e. The zero-order chi connectivity index (χ0) is 33.1. The number of unbranched alkanes of at least 4 members (excludes halogenated alkanes) is 1. The molecule has 0 saturated carbocycles. The smallest absolute Gasteiger partial charge is 0.409 e. The maximum absolute atomic E-state index is 14.1. The van der Waals surface area contributed by atoms with Crippen LogP contribution in [-0.4, -0.2) is 129 Å². The van der Waals surface area contributed by atoms with Gasteiger partial charge in [0, 0.05) is 57.9 Å². The summed E-state index contributed by atoms with van der Waals surface area (Å²) in [5.41, 5.74) is 1.10. The van der Waals surface area contributed by atoms with Crippen molar-refractivity contribution < 1.29 is 32.7 Å². The fourth-order valence-electron chi connectivity index (χ4n) is 5.28. The van der Waals surface area contributed by atoms with Gasteiger partial charge < -0.3 is 38.7 Å². The number of carbonyl (C=O) groups excluding carboxylic acids is 3. The Morgan fingerprint density at radius 3 is 2.17 bits per heavy atom. The van der Waals surface area contributed by atoms with E-state index in [0.29, 0.717) is 11.6 Å². The highest BCUT2D eigenvalue weighted by Gasteiger charge is 2.38. The Bertz CT molecular complexity index is 1340. The topological polar surface area (TPSA) is 134 Å². The highest BCUT2D eigenvalue weighted by molar-refractivity contribution is 7.54. The number of rotatable bonds is 14. The lowest BCUT2D eigenvalue weighted by Gasteiger charge is -2.36. The Hall–Kier alpha value is -3.03. The van der Waals surface area contributed by atoms with Crippen LogP contribution < -0.4 is 10.2 Å². The molecule has 15 heteroatoms. The van der Waals surface area contributed by atoms with E-state index < -0.39 is 31.5 Å². The highest BCUT2D eigenvalue weighted by atomic mass is 32.1. The van der Waals surface area contributed by atoms with Gasteiger partial charge in [0.2, 0.25) is 5.91 Å². The Labute approximate surface area is 275 Å². The molecule has 1 aromatic heterocycles. The molecule has 2 saturated heterocycles. The van der Waals surface area contributed by atoms with Gasteiger partial charge in [-0.05, 0) is 27.3 Å². The molecule has 0 spiro atoms. The molecule has 0 aliphatic carbocycles. The van der Waals surface area contributed by atoms with Crippen molar-refractivity contribution in [3.63, 3.8) is 0 Å². The Morgan fingerprint density at radius 1 is 0.935 bits per heavy atom. The second kappa shape index (κ2) is 17.2. The first-order valence-electron chi connectivity index (χ1n) is 16.1. The lowest BCUT2D eigenvalue weighted by Crippen LogP contribution is -2.57. The van der Waals surface area contributed by atoms with Crippen LogP contribution in [0.3, 0.4) is 0 Å². The maximum atomic E-state index is 14.1. The molecule has 0 bridgehead atoms. The molecule has 1 aromatic carbocycles. The highest BCUT2D eigenvalue weighted by Crippen LogP contribution is 2.48. The van der Waals surface area contributed by atoms with Gasteiger partial charge in [0.1, 0.15) is 16.1 Å². The van der Waals surface area contributed by atoms with Crippen molar-refractivity contribution in [1.82, 2.24) is 25.0 Å². The molecule has 254 valence electrons. The minimum atomic E-state index is -3.74. The van der Waals surface area contributed by atoms with Gasteiger partial charge >= 0.3 is 13.7 Å². The molecule has 0 unspecified atom stereocenters. The van der Waals surface area contributed by atoms with Crippen molar-refractivity contribution in [2.45, 2.75) is 39.7 Å². The van der Waals surface area contributed by atoms with E-state index in [9.17, 15) is 18.9 Å². The van der Waals surface area contributed by atoms with Crippen molar-refractivity contribution in [3.8, 4) is 10.6 Å². The number of hydrogen-bond donors (Lipinski definition) is 1. The van der Waals surface area contributed by atoms with Gasteiger partial charge in [0.25, 0.3) is 5.91 Å². The number of aromatic nitrogens is 1. The number of piperazine rings is 2. The monoisotopic (exact) mass is 678 g/mol. The first-order valence-corrected chi connectivity index (χ1v) is 18.6. The molecule has 2 fully saturated rings. The summed E-state index contributed by atoms with van der Waals surface area (Å²) < 4.78 is 30.1. The number of nitrogens with one attached hydrogen (secondary N) is 1. The first kappa shape index (κ1) is 35.8. The fourth-order valence-corrected chi connectivity index (χ4v) is 8.17. The van der Waals surface area contributed by atoms with Crippen LogP contribution in [0.4, 0.5) is 9.80 Å². The number of nitrogens with zero attached hydrogens (tertiary/aromatic N) is 5. The number of hydrogen-bond acceptors (Lipinski definition) is 11. The summed E-state index contributed by atoms with van der Waals surface area (Å²) in [7, 11) is -1.68. The molecule has 1 N–H and O–H groups in total. The molecule has 2 aromatic rings. The van der Waals surface area contributed by atoms with Gasteiger partial charge in [0.15, 0.2) is 5.69 Å². The predicted octanol–water partition coefficient (Wildman–Crippen LogP) is 4.01. The third kappa shape index (κ3) is 9.51. The molecular formula is C31H47N6O7PS. The zero-order valence-corrected chi connectivity index (χ0v) is 29.0. The minimum absolute atomic E-state index is 0.116. The summed E-state index contributed by atoms with van der Waals surface area (Å²) >= 11 is 1.44. The van der Waals surface area contributed by atoms with E-state index in [1.165, 1.54) is 11.3 Å². The number of carbonyl (C=O) groups is 3. The van der Waals surface area contributed by atoms with Crippen LogP contribution in [0.2, 0.25) is 0 Å². The number of anilines is 1. The van der Waals surface area contributed by atoms with Crippen LogP contribution in [0.15, 0.2) is 30.3 Å². The molecule has 3 heterocycles. The number of benzene rings is 1. The van der Waals surface area contributed by atoms with Gasteiger partial charge in [0.05, 0.1) is 26.0 Å². The minimum Gasteiger partial charge on any atom is -0.449 e. The molecule has 1 atom stereocenters. The van der Waals surface area contributed by atoms with E-state index in [-0.39, 0.29) is 51.2 Å². The molecule has 2 aliphatic rings. The van der Waals surface area contributed by atoms with Crippen LogP contribution in [0, 0.1) is 0 Å². The lowest BCUT2D eigenvalue weighted by atomic mass is 10.2. The molecule has 13 nitrogen and oxygen atoms in total. The predicted molar refractivity (Wildman–Crippen MR) is 179 cm³/mol. The largest absolute Gasteiger partial charge is 0.449 e. The third-order valence-electron chi connectivity index (χ3n) is 7.87. The third-order valence-corrected chi connectivity index (χ3v) is 11.2. The molecule has 2 aliphatic heterocycles. The summed E-state index contributed by atoms with van der Waals surface area (Å²) in [5, 5.41) is 4.28. The number of amides is 3. The number of ether oxygens (including phenoxy) is 1. The Balaban J connectivity index is 1.58. The quantitative estimate of drug-likeness (QED) is 0.231. The standard InChI is InChI=1S/C31H47N6O7PS/c1-5-8-22-42-31(40)37-20-18-35(19-21-37)29(39)25(23-45(41,43-6-2)44-7-3)32-27(38)26-30(36-16-14-34(4)15-17-36)46-28(33-26)24-12-10-9-11-13-24/h9-13,25H,5-8,14-23H2,1-4H3,(H,32,38)/t25-/m0/s1. The van der Waals surface area contributed by atoms with Crippen molar-refractivity contribution >= 4 is 41.8 Å². The van der Waals surface area contributed by atoms with E-state index in [4.69, 9.17) is 18.8 Å².